The van der Waals surface area contributed by atoms with E-state index in [9.17, 15) is 31.4 Å². The van der Waals surface area contributed by atoms with Crippen molar-refractivity contribution in [2.24, 2.45) is 5.92 Å². The fourth-order valence-corrected chi connectivity index (χ4v) is 12.8. The largest absolute Gasteiger partial charge is 0.475 e. The van der Waals surface area contributed by atoms with Crippen molar-refractivity contribution in [2.45, 2.75) is 152 Å². The zero-order valence-corrected chi connectivity index (χ0v) is 46.1. The van der Waals surface area contributed by atoms with Crippen molar-refractivity contribution in [3.63, 3.8) is 0 Å². The van der Waals surface area contributed by atoms with E-state index in [2.05, 4.69) is 68.9 Å². The van der Waals surface area contributed by atoms with Crippen LogP contribution in [0.15, 0.2) is 78.2 Å². The lowest BCUT2D eigenvalue weighted by atomic mass is 9.52. The van der Waals surface area contributed by atoms with Gasteiger partial charge >= 0.3 is 26.3 Å². The average molecular weight is 1090 g/mol. The first kappa shape index (κ1) is 54.3. The summed E-state index contributed by atoms with van der Waals surface area (Å²) in [5, 5.41) is 19.1. The Labute approximate surface area is 450 Å². The molecule has 5 heterocycles. The lowest BCUT2D eigenvalue weighted by Crippen LogP contribution is -2.51. The molecule has 5 aromatic rings. The van der Waals surface area contributed by atoms with Crippen LogP contribution in [0.1, 0.15) is 108 Å². The Kier molecular flexibility index (Phi) is 14.8. The molecule has 3 aromatic heterocycles. The smallest absolute Gasteiger partial charge is 0.464 e. The molecule has 77 heavy (non-hydrogen) atoms. The standard InChI is InChI=1S/C53H66B2N8O12S2/c1-32(2)63-26-20-46(60-63)77(69,70)62-50(65)58-47-40-10-8-9-33(40)11-13-41(47)36-19-25-57-45(29-36)72-38-15-21-52(5,22-16-38)55-74-51(3,4)53(6,75-55)37-27-34-12-14-42(48(43(34)30-37)59-49(64)61-76(7,67)68)35-18-24-56-44(28-35)71-31-39-17-23-54(66)73-39/h11-14,18-20,24-26,28-29,32,37-39,66H,8-10,15-17,21-23,27,30-31H2,1-7H3,(H2,58,62,65)(H2,59,61,64). The van der Waals surface area contributed by atoms with Crippen LogP contribution in [-0.4, -0.2) is 104 Å². The van der Waals surface area contributed by atoms with Crippen LogP contribution < -0.4 is 29.6 Å². The molecule has 0 radical (unpaired) electrons. The Morgan fingerprint density at radius 1 is 0.818 bits per heavy atom. The van der Waals surface area contributed by atoms with Gasteiger partial charge in [0.15, 0.2) is 5.03 Å². The molecule has 24 heteroatoms. The van der Waals surface area contributed by atoms with E-state index in [1.807, 2.05) is 44.2 Å². The van der Waals surface area contributed by atoms with Gasteiger partial charge in [-0.3, -0.25) is 4.68 Å². The van der Waals surface area contributed by atoms with E-state index < -0.39 is 57.5 Å². The van der Waals surface area contributed by atoms with Gasteiger partial charge in [-0.2, -0.15) is 13.5 Å². The maximum absolute atomic E-state index is 13.4. The third kappa shape index (κ3) is 11.5. The van der Waals surface area contributed by atoms with Crippen molar-refractivity contribution >= 4 is 57.7 Å². The van der Waals surface area contributed by atoms with Gasteiger partial charge in [-0.25, -0.2) is 37.4 Å². The number of carbonyl (C=O) groups is 2. The van der Waals surface area contributed by atoms with Gasteiger partial charge in [0.2, 0.25) is 21.8 Å². The predicted molar refractivity (Wildman–Crippen MR) is 291 cm³/mol. The number of nitrogens with zero attached hydrogens (tertiary/aromatic N) is 4. The van der Waals surface area contributed by atoms with E-state index in [4.69, 9.17) is 23.4 Å². The highest BCUT2D eigenvalue weighted by Gasteiger charge is 2.63. The number of fused-ring (bicyclic) bond motifs is 2. The van der Waals surface area contributed by atoms with Gasteiger partial charge in [-0.15, -0.1) is 0 Å². The summed E-state index contributed by atoms with van der Waals surface area (Å²) < 4.78 is 88.7. The summed E-state index contributed by atoms with van der Waals surface area (Å²) in [7, 11) is -9.48. The summed E-state index contributed by atoms with van der Waals surface area (Å²) in [6.07, 6.45) is 13.0. The Morgan fingerprint density at radius 2 is 1.47 bits per heavy atom. The lowest BCUT2D eigenvalue weighted by Gasteiger charge is -2.41. The molecule has 2 aliphatic heterocycles. The molecule has 3 atom stereocenters. The van der Waals surface area contributed by atoms with Gasteiger partial charge in [-0.05, 0) is 163 Å². The molecule has 5 N–H and O–H groups in total. The molecule has 4 amide bonds. The van der Waals surface area contributed by atoms with Crippen molar-refractivity contribution in [3.05, 3.63) is 95.4 Å². The lowest BCUT2D eigenvalue weighted by molar-refractivity contribution is -0.0515. The van der Waals surface area contributed by atoms with Gasteiger partial charge in [0, 0.05) is 53.2 Å². The molecule has 3 fully saturated rings. The number of aryl methyl sites for hydroxylation is 1. The highest BCUT2D eigenvalue weighted by Crippen LogP contribution is 2.56. The number of nitrogens with one attached hydrogen (secondary N) is 4. The first-order valence-electron chi connectivity index (χ1n) is 26.3. The van der Waals surface area contributed by atoms with Gasteiger partial charge in [0.25, 0.3) is 10.0 Å². The second kappa shape index (κ2) is 21.0. The minimum atomic E-state index is -4.25. The SMILES string of the molecule is CC(C)n1ccc(S(=O)(=O)NC(=O)Nc2c(-c3ccnc(OC4CCC(C)(B5OC(C)(C)C(C)(C6Cc7ccc(-c8ccnc(OCC9CCB(O)O9)c8)c(NC(=O)NS(C)(=O)=O)c7C6)O5)CC4)c3)ccc3c2CCC3)n1. The van der Waals surface area contributed by atoms with E-state index in [1.54, 1.807) is 30.7 Å². The van der Waals surface area contributed by atoms with Crippen LogP contribution in [0.4, 0.5) is 21.0 Å². The van der Waals surface area contributed by atoms with Gasteiger partial charge in [0.05, 0.1) is 34.9 Å². The molecule has 5 aliphatic rings. The Balaban J connectivity index is 0.814. The van der Waals surface area contributed by atoms with Crippen molar-refractivity contribution in [2.75, 3.05) is 23.5 Å². The Morgan fingerprint density at radius 3 is 2.12 bits per heavy atom. The van der Waals surface area contributed by atoms with Crippen LogP contribution in [0, 0.1) is 5.92 Å². The first-order chi connectivity index (χ1) is 36.5. The van der Waals surface area contributed by atoms with Crippen LogP contribution in [0.5, 0.6) is 11.8 Å². The van der Waals surface area contributed by atoms with Crippen LogP contribution in [0.3, 0.4) is 0 Å². The second-order valence-electron chi connectivity index (χ2n) is 22.3. The first-order valence-corrected chi connectivity index (χ1v) is 29.7. The number of anilines is 2. The molecule has 0 spiro atoms. The number of hydrogen-bond donors (Lipinski definition) is 5. The van der Waals surface area contributed by atoms with Crippen LogP contribution in [0.2, 0.25) is 11.6 Å². The number of pyridine rings is 2. The molecule has 408 valence electrons. The minimum absolute atomic E-state index is 0.0585. The number of hydrogen-bond acceptors (Lipinski definition) is 15. The maximum atomic E-state index is 13.4. The molecule has 2 saturated heterocycles. The molecule has 2 aromatic carbocycles. The predicted octanol–water partition coefficient (Wildman–Crippen LogP) is 7.89. The normalized spacial score (nSPS) is 23.9. The summed E-state index contributed by atoms with van der Waals surface area (Å²) >= 11 is 0. The zero-order chi connectivity index (χ0) is 54.7. The van der Waals surface area contributed by atoms with E-state index in [-0.39, 0.29) is 41.1 Å². The third-order valence-electron chi connectivity index (χ3n) is 16.2. The Hall–Kier alpha value is -6.04. The van der Waals surface area contributed by atoms with E-state index in [1.165, 1.54) is 10.7 Å². The highest BCUT2D eigenvalue weighted by atomic mass is 32.2. The summed E-state index contributed by atoms with van der Waals surface area (Å²) in [6, 6.07) is 14.7. The fourth-order valence-electron chi connectivity index (χ4n) is 11.6. The maximum Gasteiger partial charge on any atom is 0.464 e. The van der Waals surface area contributed by atoms with Crippen molar-refractivity contribution in [1.29, 1.82) is 0 Å². The summed E-state index contributed by atoms with van der Waals surface area (Å²) in [5.41, 5.74) is 6.21. The van der Waals surface area contributed by atoms with Crippen molar-refractivity contribution < 1.29 is 54.9 Å². The van der Waals surface area contributed by atoms with Crippen LogP contribution >= 0.6 is 0 Å². The van der Waals surface area contributed by atoms with Gasteiger partial charge in [-0.1, -0.05) is 31.2 Å². The molecular weight excluding hydrogens is 1030 g/mol. The summed E-state index contributed by atoms with van der Waals surface area (Å²) in [4.78, 5) is 35.7. The van der Waals surface area contributed by atoms with E-state index >= 15 is 0 Å². The monoisotopic (exact) mass is 1090 g/mol. The van der Waals surface area contributed by atoms with Gasteiger partial charge in [0.1, 0.15) is 12.7 Å². The summed E-state index contributed by atoms with van der Waals surface area (Å²) in [6.45, 7) is 12.4. The number of ether oxygens (including phenoxy) is 2. The number of sulfonamides is 2. The van der Waals surface area contributed by atoms with Crippen LogP contribution in [0.25, 0.3) is 22.3 Å². The number of carbonyl (C=O) groups excluding carboxylic acids is 2. The second-order valence-corrected chi connectivity index (χ2v) is 25.7. The molecule has 20 nitrogen and oxygen atoms in total. The molecule has 3 unspecified atom stereocenters. The van der Waals surface area contributed by atoms with E-state index in [0.29, 0.717) is 78.2 Å². The topological polar surface area (TPSA) is 261 Å². The number of benzene rings is 2. The minimum Gasteiger partial charge on any atom is -0.475 e. The molecule has 10 rings (SSSR count). The summed E-state index contributed by atoms with van der Waals surface area (Å²) in [5.74, 6) is 0.672. The molecule has 1 saturated carbocycles. The molecule has 0 bridgehead atoms. The average Bonchev–Trinajstić information content (AvgIpc) is 4.40. The number of urea groups is 2. The zero-order valence-electron chi connectivity index (χ0n) is 44.4. The quantitative estimate of drug-likeness (QED) is 0.0625. The van der Waals surface area contributed by atoms with Crippen molar-refractivity contribution in [1.82, 2.24) is 29.2 Å². The molecule has 3 aliphatic carbocycles. The van der Waals surface area contributed by atoms with Gasteiger partial charge < -0.3 is 39.1 Å². The Bertz CT molecular complexity index is 3320. The van der Waals surface area contributed by atoms with Crippen molar-refractivity contribution in [3.8, 4) is 34.0 Å². The van der Waals surface area contributed by atoms with Crippen LogP contribution in [-0.2, 0) is 59.7 Å². The highest BCUT2D eigenvalue weighted by molar-refractivity contribution is 7.90. The number of amides is 4. The number of rotatable bonds is 15. The molecular formula is C53H66B2N8O12S2. The third-order valence-corrected chi connectivity index (χ3v) is 18.0. The van der Waals surface area contributed by atoms with E-state index in [0.717, 1.165) is 66.2 Å². The fraction of sp³-hybridized carbons (Fsp3) is 0.491. The number of aromatic nitrogens is 4.